The molecule has 0 fully saturated rings. The monoisotopic (exact) mass is 269 g/mol. The molecule has 0 aliphatic carbocycles. The highest BCUT2D eigenvalue weighted by molar-refractivity contribution is 5.96. The first-order valence-corrected chi connectivity index (χ1v) is 5.93. The molecule has 0 saturated carbocycles. The zero-order valence-electron chi connectivity index (χ0n) is 10.4. The SMILES string of the molecule is NC(=O)c1ncn2c(=O)n(Cc3ccccc3)cnc12. The first-order chi connectivity index (χ1) is 9.66. The van der Waals surface area contributed by atoms with Gasteiger partial charge in [0.25, 0.3) is 5.91 Å². The first kappa shape index (κ1) is 12.1. The van der Waals surface area contributed by atoms with Crippen LogP contribution in [0.15, 0.2) is 47.8 Å². The molecule has 20 heavy (non-hydrogen) atoms. The van der Waals surface area contributed by atoms with Crippen LogP contribution in [0.5, 0.6) is 0 Å². The molecule has 2 aromatic heterocycles. The number of primary amides is 1. The molecule has 7 heteroatoms. The number of nitrogens with zero attached hydrogens (tertiary/aromatic N) is 4. The second-order valence-electron chi connectivity index (χ2n) is 4.29. The highest BCUT2D eigenvalue weighted by atomic mass is 16.2. The summed E-state index contributed by atoms with van der Waals surface area (Å²) >= 11 is 0. The van der Waals surface area contributed by atoms with Gasteiger partial charge >= 0.3 is 5.69 Å². The van der Waals surface area contributed by atoms with Gasteiger partial charge in [0, 0.05) is 0 Å². The summed E-state index contributed by atoms with van der Waals surface area (Å²) in [7, 11) is 0. The van der Waals surface area contributed by atoms with Gasteiger partial charge in [-0.2, -0.15) is 0 Å². The molecule has 0 radical (unpaired) electrons. The van der Waals surface area contributed by atoms with Crippen LogP contribution < -0.4 is 11.4 Å². The quantitative estimate of drug-likeness (QED) is 0.726. The van der Waals surface area contributed by atoms with Gasteiger partial charge in [-0.1, -0.05) is 30.3 Å². The normalized spacial score (nSPS) is 10.8. The van der Waals surface area contributed by atoms with E-state index in [1.54, 1.807) is 0 Å². The summed E-state index contributed by atoms with van der Waals surface area (Å²) in [5, 5.41) is 0. The first-order valence-electron chi connectivity index (χ1n) is 5.93. The molecule has 0 aliphatic heterocycles. The molecule has 2 heterocycles. The Morgan fingerprint density at radius 1 is 1.15 bits per heavy atom. The fourth-order valence-corrected chi connectivity index (χ4v) is 1.98. The maximum Gasteiger partial charge on any atom is 0.336 e. The Morgan fingerprint density at radius 2 is 1.90 bits per heavy atom. The summed E-state index contributed by atoms with van der Waals surface area (Å²) in [6, 6.07) is 9.53. The van der Waals surface area contributed by atoms with E-state index in [0.717, 1.165) is 5.56 Å². The minimum atomic E-state index is -0.708. The molecule has 0 aliphatic rings. The Balaban J connectivity index is 2.09. The Bertz CT molecular complexity index is 835. The Hall–Kier alpha value is -2.96. The maximum absolute atomic E-state index is 12.3. The number of hydrogen-bond acceptors (Lipinski definition) is 4. The number of carbonyl (C=O) groups excluding carboxylic acids is 1. The third kappa shape index (κ3) is 1.95. The van der Waals surface area contributed by atoms with Gasteiger partial charge in [0.2, 0.25) is 0 Å². The van der Waals surface area contributed by atoms with E-state index < -0.39 is 5.91 Å². The number of benzene rings is 1. The van der Waals surface area contributed by atoms with E-state index in [-0.39, 0.29) is 17.0 Å². The third-order valence-corrected chi connectivity index (χ3v) is 2.94. The minimum Gasteiger partial charge on any atom is -0.364 e. The van der Waals surface area contributed by atoms with Gasteiger partial charge in [-0.05, 0) is 5.56 Å². The lowest BCUT2D eigenvalue weighted by molar-refractivity contribution is 0.0997. The van der Waals surface area contributed by atoms with E-state index in [4.69, 9.17) is 5.73 Å². The van der Waals surface area contributed by atoms with Gasteiger partial charge in [-0.25, -0.2) is 19.2 Å². The van der Waals surface area contributed by atoms with Gasteiger partial charge < -0.3 is 5.73 Å². The smallest absolute Gasteiger partial charge is 0.336 e. The Kier molecular flexibility index (Phi) is 2.79. The van der Waals surface area contributed by atoms with Crippen molar-refractivity contribution in [2.24, 2.45) is 5.73 Å². The van der Waals surface area contributed by atoms with E-state index in [1.165, 1.54) is 21.6 Å². The van der Waals surface area contributed by atoms with Gasteiger partial charge in [0.05, 0.1) is 6.54 Å². The fraction of sp³-hybridized carbons (Fsp3) is 0.0769. The molecule has 3 rings (SSSR count). The highest BCUT2D eigenvalue weighted by Gasteiger charge is 2.13. The molecule has 100 valence electrons. The van der Waals surface area contributed by atoms with Crippen LogP contribution in [0.2, 0.25) is 0 Å². The minimum absolute atomic E-state index is 0.00559. The van der Waals surface area contributed by atoms with Gasteiger partial charge in [-0.15, -0.1) is 0 Å². The molecular weight excluding hydrogens is 258 g/mol. The predicted octanol–water partition coefficient (Wildman–Crippen LogP) is 0.0382. The average molecular weight is 269 g/mol. The van der Waals surface area contributed by atoms with Crippen molar-refractivity contribution in [2.45, 2.75) is 6.54 Å². The van der Waals surface area contributed by atoms with E-state index in [0.29, 0.717) is 6.54 Å². The summed E-state index contributed by atoms with van der Waals surface area (Å²) in [6.45, 7) is 0.396. The van der Waals surface area contributed by atoms with Crippen molar-refractivity contribution in [2.75, 3.05) is 0 Å². The summed E-state index contributed by atoms with van der Waals surface area (Å²) in [5.41, 5.74) is 6.00. The number of hydrogen-bond donors (Lipinski definition) is 1. The van der Waals surface area contributed by atoms with Crippen molar-refractivity contribution >= 4 is 11.6 Å². The summed E-state index contributed by atoms with van der Waals surface area (Å²) in [4.78, 5) is 31.3. The van der Waals surface area contributed by atoms with Gasteiger partial charge in [-0.3, -0.25) is 9.36 Å². The molecule has 2 N–H and O–H groups in total. The van der Waals surface area contributed by atoms with E-state index in [2.05, 4.69) is 9.97 Å². The number of carbonyl (C=O) groups is 1. The van der Waals surface area contributed by atoms with Gasteiger partial charge in [0.1, 0.15) is 12.7 Å². The number of fused-ring (bicyclic) bond motifs is 1. The molecule has 1 aromatic carbocycles. The van der Waals surface area contributed by atoms with Crippen molar-refractivity contribution < 1.29 is 4.79 Å². The molecule has 3 aromatic rings. The van der Waals surface area contributed by atoms with Gasteiger partial charge in [0.15, 0.2) is 11.3 Å². The molecule has 0 bridgehead atoms. The van der Waals surface area contributed by atoms with E-state index >= 15 is 0 Å². The standard InChI is InChI=1S/C13H11N5O2/c14-11(19)10-12-16-7-17(13(20)18(12)8-15-10)6-9-4-2-1-3-5-9/h1-5,7-8H,6H2,(H2,14,19). The molecule has 1 amide bonds. The van der Waals surface area contributed by atoms with Crippen molar-refractivity contribution in [1.82, 2.24) is 18.9 Å². The molecule has 0 saturated heterocycles. The molecular formula is C13H11N5O2. The molecule has 0 atom stereocenters. The summed E-state index contributed by atoms with van der Waals surface area (Å²) in [5.74, 6) is -0.708. The number of aromatic nitrogens is 4. The van der Waals surface area contributed by atoms with Crippen LogP contribution in [-0.2, 0) is 6.54 Å². The second-order valence-corrected chi connectivity index (χ2v) is 4.29. The van der Waals surface area contributed by atoms with Crippen LogP contribution in [0.1, 0.15) is 16.1 Å². The Labute approximate surface area is 113 Å². The van der Waals surface area contributed by atoms with Crippen LogP contribution in [0.25, 0.3) is 5.65 Å². The average Bonchev–Trinajstić information content (AvgIpc) is 2.88. The Morgan fingerprint density at radius 3 is 2.60 bits per heavy atom. The van der Waals surface area contributed by atoms with Crippen molar-refractivity contribution in [3.63, 3.8) is 0 Å². The van der Waals surface area contributed by atoms with Crippen molar-refractivity contribution in [1.29, 1.82) is 0 Å². The number of imidazole rings is 1. The molecule has 0 unspecified atom stereocenters. The topological polar surface area (TPSA) is 95.3 Å². The van der Waals surface area contributed by atoms with Crippen molar-refractivity contribution in [3.05, 3.63) is 64.7 Å². The van der Waals surface area contributed by atoms with Crippen LogP contribution >= 0.6 is 0 Å². The summed E-state index contributed by atoms with van der Waals surface area (Å²) in [6.07, 6.45) is 2.64. The highest BCUT2D eigenvalue weighted by Crippen LogP contribution is 2.04. The zero-order valence-corrected chi connectivity index (χ0v) is 10.4. The summed E-state index contributed by atoms with van der Waals surface area (Å²) < 4.78 is 2.65. The van der Waals surface area contributed by atoms with Crippen LogP contribution in [0.3, 0.4) is 0 Å². The van der Waals surface area contributed by atoms with Crippen LogP contribution in [0, 0.1) is 0 Å². The lowest BCUT2D eigenvalue weighted by Gasteiger charge is -2.05. The molecule has 0 spiro atoms. The predicted molar refractivity (Wildman–Crippen MR) is 71.3 cm³/mol. The van der Waals surface area contributed by atoms with E-state index in [1.807, 2.05) is 30.3 Å². The van der Waals surface area contributed by atoms with Crippen LogP contribution in [-0.4, -0.2) is 24.8 Å². The maximum atomic E-state index is 12.3. The van der Waals surface area contributed by atoms with Crippen LogP contribution in [0.4, 0.5) is 0 Å². The largest absolute Gasteiger partial charge is 0.364 e. The van der Waals surface area contributed by atoms with E-state index in [9.17, 15) is 9.59 Å². The molecule has 7 nitrogen and oxygen atoms in total. The lowest BCUT2D eigenvalue weighted by atomic mass is 10.2. The number of amides is 1. The number of nitrogens with two attached hydrogens (primary N) is 1. The third-order valence-electron chi connectivity index (χ3n) is 2.94. The number of rotatable bonds is 3. The zero-order chi connectivity index (χ0) is 14.1. The van der Waals surface area contributed by atoms with Crippen molar-refractivity contribution in [3.8, 4) is 0 Å². The fourth-order valence-electron chi connectivity index (χ4n) is 1.98. The lowest BCUT2D eigenvalue weighted by Crippen LogP contribution is -2.27. The second kappa shape index (κ2) is 4.61.